The van der Waals surface area contributed by atoms with Crippen molar-refractivity contribution < 1.29 is 4.42 Å². The van der Waals surface area contributed by atoms with Crippen molar-refractivity contribution in [3.63, 3.8) is 0 Å². The Balaban J connectivity index is 1.26. The molecule has 10 aromatic rings. The van der Waals surface area contributed by atoms with E-state index in [0.717, 1.165) is 71.8 Å². The summed E-state index contributed by atoms with van der Waals surface area (Å²) in [6, 6.07) is 48.8. The second-order valence-electron chi connectivity index (χ2n) is 11.6. The number of benzene rings is 7. The third-order valence-corrected chi connectivity index (χ3v) is 11.4. The van der Waals surface area contributed by atoms with E-state index in [2.05, 4.69) is 84.9 Å². The Labute approximate surface area is 269 Å². The van der Waals surface area contributed by atoms with E-state index in [1.807, 2.05) is 54.6 Å². The van der Waals surface area contributed by atoms with Crippen molar-refractivity contribution in [3.8, 4) is 34.0 Å². The fourth-order valence-corrected chi connectivity index (χ4v) is 9.25. The van der Waals surface area contributed by atoms with E-state index in [1.165, 1.54) is 19.3 Å². The molecule has 7 aromatic carbocycles. The number of nitrogens with zero attached hydrogens (tertiary/aromatic N) is 3. The zero-order valence-corrected chi connectivity index (χ0v) is 26.2. The van der Waals surface area contributed by atoms with E-state index in [-0.39, 0.29) is 14.5 Å². The van der Waals surface area contributed by atoms with Crippen molar-refractivity contribution in [2.24, 2.45) is 0 Å². The van der Waals surface area contributed by atoms with E-state index < -0.39 is 0 Å². The molecule has 0 atom stereocenters. The molecule has 46 heavy (non-hydrogen) atoms. The maximum Gasteiger partial charge on any atom is -0.0495 e. The maximum absolute atomic E-state index is 6.52. The molecule has 5 heteroatoms. The van der Waals surface area contributed by atoms with Crippen molar-refractivity contribution in [2.45, 2.75) is 0 Å². The predicted octanol–water partition coefficient (Wildman–Crippen LogP) is 10.4. The summed E-state index contributed by atoms with van der Waals surface area (Å²) in [7, 11) is 0. The smallest absolute Gasteiger partial charge is 0.0495 e. The fourth-order valence-electron chi connectivity index (χ4n) is 6.70. The quantitative estimate of drug-likeness (QED) is 0.141. The molecule has 0 fully saturated rings. The van der Waals surface area contributed by atoms with E-state index in [0.29, 0.717) is 5.89 Å². The van der Waals surface area contributed by atoms with Gasteiger partial charge in [0.2, 0.25) is 0 Å². The molecule has 0 spiro atoms. The van der Waals surface area contributed by atoms with Gasteiger partial charge >= 0.3 is 240 Å². The largest absolute Gasteiger partial charge is 0.0615 e. The van der Waals surface area contributed by atoms with Crippen molar-refractivity contribution in [2.75, 3.05) is 0 Å². The first-order valence-electron chi connectivity index (χ1n) is 15.3. The van der Waals surface area contributed by atoms with Crippen LogP contribution in [0.4, 0.5) is 0 Å². The van der Waals surface area contributed by atoms with Gasteiger partial charge in [0, 0.05) is 0 Å². The number of fused-ring (bicyclic) bond motifs is 9. The molecule has 0 N–H and O–H groups in total. The molecule has 0 aliphatic carbocycles. The van der Waals surface area contributed by atoms with Crippen LogP contribution in [-0.4, -0.2) is 29.5 Å². The van der Waals surface area contributed by atoms with E-state index in [9.17, 15) is 0 Å². The molecule has 0 bridgehead atoms. The van der Waals surface area contributed by atoms with Crippen LogP contribution in [0, 0.1) is 0 Å². The first-order chi connectivity index (χ1) is 22.8. The van der Waals surface area contributed by atoms with Crippen LogP contribution in [0.3, 0.4) is 0 Å². The molecule has 0 aliphatic rings. The maximum atomic E-state index is 6.52. The Morgan fingerprint density at radius 3 is 2.09 bits per heavy atom. The molecule has 0 unspecified atom stereocenters. The molecule has 214 valence electrons. The van der Waals surface area contributed by atoms with Crippen LogP contribution in [0.2, 0.25) is 0 Å². The number of rotatable bonds is 3. The van der Waals surface area contributed by atoms with Gasteiger partial charge in [-0.05, 0) is 12.1 Å². The standard InChI is InChI=1S/C41H23N3OSe/c1-2-9-26(10-3-1)41-44-34-22-21-25-19-17-24-18-20-27(23-31(24)36(25)39(34)45-41)37-38(43-33-15-6-5-14-32(33)42-37)30-13-8-12-29-28-11-4-7-16-35(28)46-40(29)30/h1-23H. The molecule has 0 saturated heterocycles. The summed E-state index contributed by atoms with van der Waals surface area (Å²) in [5.74, 6) is 0.625. The molecule has 0 radical (unpaired) electrons. The average molecular weight is 653 g/mol. The third-order valence-electron chi connectivity index (χ3n) is 8.88. The van der Waals surface area contributed by atoms with Crippen LogP contribution in [-0.2, 0) is 0 Å². The van der Waals surface area contributed by atoms with Gasteiger partial charge in [-0.3, -0.25) is 0 Å². The number of hydrogen-bond donors (Lipinski definition) is 0. The first kappa shape index (κ1) is 25.7. The molecule has 0 aliphatic heterocycles. The minimum atomic E-state index is 0.182. The van der Waals surface area contributed by atoms with E-state index in [4.69, 9.17) is 19.4 Å². The summed E-state index contributed by atoms with van der Waals surface area (Å²) >= 11 is 0.182. The van der Waals surface area contributed by atoms with Crippen LogP contribution >= 0.6 is 0 Å². The van der Waals surface area contributed by atoms with Gasteiger partial charge in [-0.2, -0.15) is 0 Å². The zero-order valence-electron chi connectivity index (χ0n) is 24.4. The van der Waals surface area contributed by atoms with Crippen molar-refractivity contribution in [3.05, 3.63) is 140 Å². The Hall–Kier alpha value is -5.61. The van der Waals surface area contributed by atoms with Gasteiger partial charge in [-0.15, -0.1) is 0 Å². The SMILES string of the molecule is c1ccc(-c2nc3ccc4ccc5ccc(-c6nc7ccccc7nc6-c6cccc7c6[se]c6ccccc67)cc5c4c3o2)cc1. The Morgan fingerprint density at radius 1 is 0.478 bits per heavy atom. The molecule has 0 amide bonds. The number of hydrogen-bond acceptors (Lipinski definition) is 4. The molecule has 0 saturated carbocycles. The molecular formula is C41H23N3OSe. The summed E-state index contributed by atoms with van der Waals surface area (Å²) in [4.78, 5) is 15.5. The van der Waals surface area contributed by atoms with Gasteiger partial charge in [0.1, 0.15) is 0 Å². The summed E-state index contributed by atoms with van der Waals surface area (Å²) in [5.41, 5.74) is 8.35. The second-order valence-corrected chi connectivity index (χ2v) is 13.8. The van der Waals surface area contributed by atoms with Gasteiger partial charge in [0.15, 0.2) is 0 Å². The van der Waals surface area contributed by atoms with Gasteiger partial charge in [0.05, 0.1) is 0 Å². The van der Waals surface area contributed by atoms with Gasteiger partial charge < -0.3 is 0 Å². The van der Waals surface area contributed by atoms with E-state index in [1.54, 1.807) is 0 Å². The normalized spacial score (nSPS) is 11.9. The summed E-state index contributed by atoms with van der Waals surface area (Å²) in [6.45, 7) is 0. The molecule has 4 nitrogen and oxygen atoms in total. The molecule has 10 rings (SSSR count). The van der Waals surface area contributed by atoms with Crippen LogP contribution < -0.4 is 0 Å². The van der Waals surface area contributed by atoms with E-state index >= 15 is 0 Å². The van der Waals surface area contributed by atoms with Crippen molar-refractivity contribution in [1.29, 1.82) is 0 Å². The summed E-state index contributed by atoms with van der Waals surface area (Å²) < 4.78 is 9.29. The van der Waals surface area contributed by atoms with Crippen LogP contribution in [0.25, 0.3) is 96.9 Å². The van der Waals surface area contributed by atoms with Gasteiger partial charge in [0.25, 0.3) is 0 Å². The second kappa shape index (κ2) is 9.95. The fraction of sp³-hybridized carbons (Fsp3) is 0. The third kappa shape index (κ3) is 3.89. The van der Waals surface area contributed by atoms with Crippen molar-refractivity contribution in [1.82, 2.24) is 15.0 Å². The van der Waals surface area contributed by atoms with Crippen LogP contribution in [0.15, 0.2) is 144 Å². The monoisotopic (exact) mass is 653 g/mol. The Kier molecular flexibility index (Phi) is 5.56. The minimum Gasteiger partial charge on any atom is -0.0615 e. The summed E-state index contributed by atoms with van der Waals surface area (Å²) in [5, 5.41) is 7.04. The van der Waals surface area contributed by atoms with Crippen LogP contribution in [0.1, 0.15) is 0 Å². The Bertz CT molecular complexity index is 2820. The van der Waals surface area contributed by atoms with Gasteiger partial charge in [-0.25, -0.2) is 0 Å². The van der Waals surface area contributed by atoms with Gasteiger partial charge in [-0.1, -0.05) is 18.2 Å². The number of para-hydroxylation sites is 2. The van der Waals surface area contributed by atoms with Crippen molar-refractivity contribution >= 4 is 77.5 Å². The average Bonchev–Trinajstić information content (AvgIpc) is 3.73. The topological polar surface area (TPSA) is 51.8 Å². The number of aromatic nitrogens is 3. The molecule has 3 aromatic heterocycles. The minimum absolute atomic E-state index is 0.182. The predicted molar refractivity (Wildman–Crippen MR) is 190 cm³/mol. The summed E-state index contributed by atoms with van der Waals surface area (Å²) in [6.07, 6.45) is 0. The van der Waals surface area contributed by atoms with Crippen LogP contribution in [0.5, 0.6) is 0 Å². The molecule has 3 heterocycles. The Morgan fingerprint density at radius 2 is 1.20 bits per heavy atom. The molecular weight excluding hydrogens is 629 g/mol. The number of oxazole rings is 1. The zero-order chi connectivity index (χ0) is 30.2. The first-order valence-corrected chi connectivity index (χ1v) is 17.0.